The van der Waals surface area contributed by atoms with Gasteiger partial charge < -0.3 is 5.32 Å². The highest BCUT2D eigenvalue weighted by Gasteiger charge is 2.11. The number of amidine groups is 1. The van der Waals surface area contributed by atoms with Crippen LogP contribution < -0.4 is 5.32 Å². The average Bonchev–Trinajstić information content (AvgIpc) is 2.23. The van der Waals surface area contributed by atoms with E-state index in [9.17, 15) is 4.79 Å². The molecular weight excluding hydrogens is 196 g/mol. The van der Waals surface area contributed by atoms with Crippen LogP contribution in [0.15, 0.2) is 35.3 Å². The lowest BCUT2D eigenvalue weighted by molar-refractivity contribution is -0.115. The number of rotatable bonds is 1. The first-order valence-corrected chi connectivity index (χ1v) is 5.34. The number of ketones is 1. The van der Waals surface area contributed by atoms with Crippen molar-refractivity contribution in [2.24, 2.45) is 4.99 Å². The number of nitrogens with one attached hydrogen (secondary N) is 1. The molecule has 1 aromatic rings. The number of thioether (sulfide) groups is 1. The molecule has 1 aliphatic rings. The molecule has 0 saturated carbocycles. The molecule has 0 spiro atoms. The van der Waals surface area contributed by atoms with Gasteiger partial charge in [0.1, 0.15) is 6.54 Å². The average molecular weight is 206 g/mol. The van der Waals surface area contributed by atoms with E-state index in [4.69, 9.17) is 0 Å². The van der Waals surface area contributed by atoms with E-state index in [2.05, 4.69) is 10.3 Å². The van der Waals surface area contributed by atoms with Crippen molar-refractivity contribution in [1.29, 1.82) is 0 Å². The van der Waals surface area contributed by atoms with Crippen LogP contribution >= 0.6 is 11.8 Å². The molecule has 0 radical (unpaired) electrons. The first kappa shape index (κ1) is 9.27. The predicted molar refractivity (Wildman–Crippen MR) is 59.8 cm³/mol. The quantitative estimate of drug-likeness (QED) is 0.761. The second-order valence-corrected chi connectivity index (χ2v) is 3.90. The van der Waals surface area contributed by atoms with Gasteiger partial charge in [-0.25, -0.2) is 0 Å². The molecule has 72 valence electrons. The fourth-order valence-corrected chi connectivity index (χ4v) is 1.86. The van der Waals surface area contributed by atoms with E-state index in [0.717, 1.165) is 10.9 Å². The first-order valence-electron chi connectivity index (χ1n) is 4.35. The Balaban J connectivity index is 2.02. The number of carbonyl (C=O) groups is 1. The van der Waals surface area contributed by atoms with Gasteiger partial charge in [0.2, 0.25) is 0 Å². The molecule has 0 fully saturated rings. The largest absolute Gasteiger partial charge is 0.335 e. The SMILES string of the molecule is O=C1CN=C(Nc2ccccc2)SC1. The smallest absolute Gasteiger partial charge is 0.164 e. The number of anilines is 1. The third kappa shape index (κ3) is 2.35. The summed E-state index contributed by atoms with van der Waals surface area (Å²) in [5.74, 6) is 0.715. The Bertz CT molecular complexity index is 362. The van der Waals surface area contributed by atoms with Crippen LogP contribution in [0.25, 0.3) is 0 Å². The molecule has 3 nitrogen and oxygen atoms in total. The van der Waals surface area contributed by atoms with Gasteiger partial charge >= 0.3 is 0 Å². The van der Waals surface area contributed by atoms with Gasteiger partial charge in [0.05, 0.1) is 5.75 Å². The first-order chi connectivity index (χ1) is 6.84. The van der Waals surface area contributed by atoms with Crippen molar-refractivity contribution in [2.75, 3.05) is 17.6 Å². The number of hydrogen-bond acceptors (Lipinski definition) is 4. The van der Waals surface area contributed by atoms with E-state index in [0.29, 0.717) is 12.3 Å². The maximum atomic E-state index is 10.9. The lowest BCUT2D eigenvalue weighted by atomic mass is 10.3. The van der Waals surface area contributed by atoms with Crippen LogP contribution in [0.2, 0.25) is 0 Å². The zero-order valence-electron chi connectivity index (χ0n) is 7.56. The number of aliphatic imine (C=N–C) groups is 1. The highest BCUT2D eigenvalue weighted by atomic mass is 32.2. The second-order valence-electron chi connectivity index (χ2n) is 2.94. The zero-order valence-corrected chi connectivity index (χ0v) is 8.38. The van der Waals surface area contributed by atoms with Gasteiger partial charge in [-0.05, 0) is 12.1 Å². The lowest BCUT2D eigenvalue weighted by Gasteiger charge is -2.12. The molecule has 1 aliphatic heterocycles. The number of benzene rings is 1. The van der Waals surface area contributed by atoms with E-state index < -0.39 is 0 Å². The molecule has 4 heteroatoms. The summed E-state index contributed by atoms with van der Waals surface area (Å²) in [6.07, 6.45) is 0. The Morgan fingerprint density at radius 3 is 2.71 bits per heavy atom. The Hall–Kier alpha value is -1.29. The van der Waals surface area contributed by atoms with E-state index in [-0.39, 0.29) is 5.78 Å². The van der Waals surface area contributed by atoms with Crippen LogP contribution in [0.5, 0.6) is 0 Å². The lowest BCUT2D eigenvalue weighted by Crippen LogP contribution is -2.20. The fourth-order valence-electron chi connectivity index (χ4n) is 1.12. The van der Waals surface area contributed by atoms with E-state index in [1.54, 1.807) is 0 Å². The van der Waals surface area contributed by atoms with Crippen molar-refractivity contribution >= 4 is 28.4 Å². The molecule has 0 unspecified atom stereocenters. The monoisotopic (exact) mass is 206 g/mol. The van der Waals surface area contributed by atoms with Gasteiger partial charge in [-0.15, -0.1) is 0 Å². The minimum absolute atomic E-state index is 0.189. The Kier molecular flexibility index (Phi) is 2.84. The molecule has 0 atom stereocenters. The number of Topliss-reactive ketones (excluding diaryl/α,β-unsaturated/α-hetero) is 1. The number of para-hydroxylation sites is 1. The predicted octanol–water partition coefficient (Wildman–Crippen LogP) is 1.77. The van der Waals surface area contributed by atoms with Crippen LogP contribution in [-0.4, -0.2) is 23.2 Å². The summed E-state index contributed by atoms with van der Waals surface area (Å²) in [6, 6.07) is 9.83. The minimum atomic E-state index is 0.189. The molecule has 1 aromatic carbocycles. The Morgan fingerprint density at radius 1 is 1.29 bits per heavy atom. The van der Waals surface area contributed by atoms with Gasteiger partial charge in [0, 0.05) is 5.69 Å². The number of nitrogens with zero attached hydrogens (tertiary/aromatic N) is 1. The maximum Gasteiger partial charge on any atom is 0.164 e. The van der Waals surface area contributed by atoms with Crippen molar-refractivity contribution in [1.82, 2.24) is 0 Å². The van der Waals surface area contributed by atoms with Gasteiger partial charge in [-0.2, -0.15) is 0 Å². The van der Waals surface area contributed by atoms with Crippen molar-refractivity contribution in [2.45, 2.75) is 0 Å². The van der Waals surface area contributed by atoms with Gasteiger partial charge in [0.25, 0.3) is 0 Å². The molecule has 2 rings (SSSR count). The van der Waals surface area contributed by atoms with Crippen LogP contribution in [0, 0.1) is 0 Å². The minimum Gasteiger partial charge on any atom is -0.335 e. The van der Waals surface area contributed by atoms with E-state index in [1.165, 1.54) is 11.8 Å². The summed E-state index contributed by atoms with van der Waals surface area (Å²) in [6.45, 7) is 0.308. The van der Waals surface area contributed by atoms with Crippen LogP contribution in [0.1, 0.15) is 0 Å². The van der Waals surface area contributed by atoms with Crippen molar-refractivity contribution < 1.29 is 4.79 Å². The van der Waals surface area contributed by atoms with Crippen LogP contribution in [0.3, 0.4) is 0 Å². The van der Waals surface area contributed by atoms with Crippen LogP contribution in [0.4, 0.5) is 5.69 Å². The molecule has 1 heterocycles. The second kappa shape index (κ2) is 4.28. The topological polar surface area (TPSA) is 41.5 Å². The van der Waals surface area contributed by atoms with Gasteiger partial charge in [-0.3, -0.25) is 9.79 Å². The third-order valence-electron chi connectivity index (χ3n) is 1.79. The van der Waals surface area contributed by atoms with Gasteiger partial charge in [-0.1, -0.05) is 30.0 Å². The summed E-state index contributed by atoms with van der Waals surface area (Å²) < 4.78 is 0. The summed E-state index contributed by atoms with van der Waals surface area (Å²) in [5.41, 5.74) is 1.01. The molecule has 1 N–H and O–H groups in total. The number of carbonyl (C=O) groups excluding carboxylic acids is 1. The molecule has 0 amide bonds. The Labute approximate surface area is 86.6 Å². The highest BCUT2D eigenvalue weighted by molar-refractivity contribution is 8.14. The summed E-state index contributed by atoms with van der Waals surface area (Å²) in [7, 11) is 0. The third-order valence-corrected chi connectivity index (χ3v) is 2.76. The fraction of sp³-hybridized carbons (Fsp3) is 0.200. The highest BCUT2D eigenvalue weighted by Crippen LogP contribution is 2.14. The van der Waals surface area contributed by atoms with Crippen molar-refractivity contribution in [3.05, 3.63) is 30.3 Å². The normalized spacial score (nSPS) is 16.3. The summed E-state index contributed by atoms with van der Waals surface area (Å²) in [4.78, 5) is 15.0. The van der Waals surface area contributed by atoms with Crippen molar-refractivity contribution in [3.63, 3.8) is 0 Å². The molecule has 0 saturated heterocycles. The van der Waals surface area contributed by atoms with E-state index >= 15 is 0 Å². The maximum absolute atomic E-state index is 10.9. The van der Waals surface area contributed by atoms with E-state index in [1.807, 2.05) is 30.3 Å². The Morgan fingerprint density at radius 2 is 2.07 bits per heavy atom. The summed E-state index contributed by atoms with van der Waals surface area (Å²) >= 11 is 1.46. The zero-order chi connectivity index (χ0) is 9.80. The number of hydrogen-bond donors (Lipinski definition) is 1. The van der Waals surface area contributed by atoms with Crippen molar-refractivity contribution in [3.8, 4) is 0 Å². The summed E-state index contributed by atoms with van der Waals surface area (Å²) in [5, 5.41) is 3.99. The molecule has 0 bridgehead atoms. The van der Waals surface area contributed by atoms with Gasteiger partial charge in [0.15, 0.2) is 11.0 Å². The molecular formula is C10H10N2OS. The molecule has 14 heavy (non-hydrogen) atoms. The standard InChI is InChI=1S/C10H10N2OS/c13-9-6-11-10(14-7-9)12-8-4-2-1-3-5-8/h1-5H,6-7H2,(H,11,12). The molecule has 0 aliphatic carbocycles. The van der Waals surface area contributed by atoms with Crippen LogP contribution in [-0.2, 0) is 4.79 Å². The molecule has 0 aromatic heterocycles.